The SMILES string of the molecule is CN(CCO)CC(=O)CCC(=O)CN(C)CCO. The van der Waals surface area contributed by atoms with E-state index in [4.69, 9.17) is 10.2 Å². The molecule has 18 heavy (non-hydrogen) atoms. The van der Waals surface area contributed by atoms with Crippen molar-refractivity contribution in [3.8, 4) is 0 Å². The summed E-state index contributed by atoms with van der Waals surface area (Å²) in [6, 6.07) is 0. The molecule has 106 valence electrons. The van der Waals surface area contributed by atoms with Crippen molar-refractivity contribution in [3.63, 3.8) is 0 Å². The number of carbonyl (C=O) groups is 2. The number of hydrogen-bond acceptors (Lipinski definition) is 6. The first-order chi connectivity index (χ1) is 8.49. The molecule has 0 aliphatic heterocycles. The highest BCUT2D eigenvalue weighted by Crippen LogP contribution is 1.97. The summed E-state index contributed by atoms with van der Waals surface area (Å²) < 4.78 is 0. The van der Waals surface area contributed by atoms with Gasteiger partial charge >= 0.3 is 0 Å². The zero-order valence-corrected chi connectivity index (χ0v) is 11.3. The number of hydrogen-bond donors (Lipinski definition) is 2. The number of aliphatic hydroxyl groups excluding tert-OH is 2. The van der Waals surface area contributed by atoms with Gasteiger partial charge in [0.15, 0.2) is 0 Å². The van der Waals surface area contributed by atoms with Gasteiger partial charge < -0.3 is 10.2 Å². The van der Waals surface area contributed by atoms with Gasteiger partial charge in [0.05, 0.1) is 26.3 Å². The molecule has 0 saturated carbocycles. The number of rotatable bonds is 11. The van der Waals surface area contributed by atoms with Crippen LogP contribution < -0.4 is 0 Å². The number of ketones is 2. The van der Waals surface area contributed by atoms with Crippen LogP contribution in [0.3, 0.4) is 0 Å². The third-order valence-electron chi connectivity index (χ3n) is 2.54. The second-order valence-electron chi connectivity index (χ2n) is 4.50. The van der Waals surface area contributed by atoms with Gasteiger partial charge in [0.2, 0.25) is 0 Å². The van der Waals surface area contributed by atoms with E-state index >= 15 is 0 Å². The summed E-state index contributed by atoms with van der Waals surface area (Å²) in [5, 5.41) is 17.4. The van der Waals surface area contributed by atoms with Crippen LogP contribution in [0.1, 0.15) is 12.8 Å². The van der Waals surface area contributed by atoms with Crippen molar-refractivity contribution in [2.24, 2.45) is 0 Å². The Morgan fingerprint density at radius 3 is 1.44 bits per heavy atom. The first kappa shape index (κ1) is 17.2. The van der Waals surface area contributed by atoms with E-state index in [1.807, 2.05) is 0 Å². The fourth-order valence-corrected chi connectivity index (χ4v) is 1.54. The third kappa shape index (κ3) is 9.23. The molecule has 0 aliphatic carbocycles. The van der Waals surface area contributed by atoms with E-state index in [1.54, 1.807) is 23.9 Å². The monoisotopic (exact) mass is 260 g/mol. The van der Waals surface area contributed by atoms with Gasteiger partial charge in [0.25, 0.3) is 0 Å². The molecule has 2 N–H and O–H groups in total. The minimum Gasteiger partial charge on any atom is -0.395 e. The molecule has 0 bridgehead atoms. The number of nitrogens with zero attached hydrogens (tertiary/aromatic N) is 2. The summed E-state index contributed by atoms with van der Waals surface area (Å²) >= 11 is 0. The zero-order chi connectivity index (χ0) is 14.0. The van der Waals surface area contributed by atoms with Gasteiger partial charge in [-0.1, -0.05) is 0 Å². The first-order valence-electron chi connectivity index (χ1n) is 6.11. The highest BCUT2D eigenvalue weighted by Gasteiger charge is 2.11. The molecule has 0 aromatic rings. The van der Waals surface area contributed by atoms with Crippen molar-refractivity contribution in [2.45, 2.75) is 12.8 Å². The van der Waals surface area contributed by atoms with E-state index in [-0.39, 0.29) is 50.7 Å². The molecule has 0 atom stereocenters. The van der Waals surface area contributed by atoms with Crippen molar-refractivity contribution in [2.75, 3.05) is 53.5 Å². The second kappa shape index (κ2) is 10.1. The molecule has 0 fully saturated rings. The average molecular weight is 260 g/mol. The molecule has 0 saturated heterocycles. The lowest BCUT2D eigenvalue weighted by Gasteiger charge is -2.15. The van der Waals surface area contributed by atoms with Crippen molar-refractivity contribution >= 4 is 11.6 Å². The topological polar surface area (TPSA) is 81.1 Å². The van der Waals surface area contributed by atoms with Gasteiger partial charge in [-0.05, 0) is 14.1 Å². The smallest absolute Gasteiger partial charge is 0.147 e. The average Bonchev–Trinajstić information content (AvgIpc) is 2.27. The van der Waals surface area contributed by atoms with Gasteiger partial charge in [-0.25, -0.2) is 0 Å². The molecule has 0 heterocycles. The maximum atomic E-state index is 11.5. The lowest BCUT2D eigenvalue weighted by molar-refractivity contribution is -0.125. The highest BCUT2D eigenvalue weighted by atomic mass is 16.3. The van der Waals surface area contributed by atoms with Crippen LogP contribution >= 0.6 is 0 Å². The lowest BCUT2D eigenvalue weighted by atomic mass is 10.1. The molecular formula is C12H24N2O4. The number of carbonyl (C=O) groups excluding carboxylic acids is 2. The number of Topliss-reactive ketones (excluding diaryl/α,β-unsaturated/α-hetero) is 2. The Bertz CT molecular complexity index is 232. The molecular weight excluding hydrogens is 236 g/mol. The molecule has 0 aromatic carbocycles. The molecule has 6 nitrogen and oxygen atoms in total. The molecule has 6 heteroatoms. The summed E-state index contributed by atoms with van der Waals surface area (Å²) in [7, 11) is 3.51. The Labute approximate surface area is 108 Å². The second-order valence-corrected chi connectivity index (χ2v) is 4.50. The fraction of sp³-hybridized carbons (Fsp3) is 0.833. The van der Waals surface area contributed by atoms with Gasteiger partial charge in [-0.3, -0.25) is 19.4 Å². The predicted molar refractivity (Wildman–Crippen MR) is 68.4 cm³/mol. The number of aliphatic hydroxyl groups is 2. The van der Waals surface area contributed by atoms with Crippen LogP contribution in [0.4, 0.5) is 0 Å². The van der Waals surface area contributed by atoms with E-state index < -0.39 is 0 Å². The zero-order valence-electron chi connectivity index (χ0n) is 11.3. The van der Waals surface area contributed by atoms with Crippen molar-refractivity contribution < 1.29 is 19.8 Å². The number of likely N-dealkylation sites (N-methyl/N-ethyl adjacent to an activating group) is 2. The Balaban J connectivity index is 3.74. The minimum atomic E-state index is 0.00381. The van der Waals surface area contributed by atoms with Crippen LogP contribution in [0.15, 0.2) is 0 Å². The summed E-state index contributed by atoms with van der Waals surface area (Å²) in [5.41, 5.74) is 0. The molecule has 0 unspecified atom stereocenters. The van der Waals surface area contributed by atoms with Crippen LogP contribution in [0.2, 0.25) is 0 Å². The van der Waals surface area contributed by atoms with Gasteiger partial charge in [0.1, 0.15) is 11.6 Å². The first-order valence-corrected chi connectivity index (χ1v) is 6.11. The maximum Gasteiger partial charge on any atom is 0.147 e. The summed E-state index contributed by atoms with van der Waals surface area (Å²) in [5.74, 6) is 0.00761. The quantitative estimate of drug-likeness (QED) is 0.483. The van der Waals surface area contributed by atoms with Crippen LogP contribution in [-0.2, 0) is 9.59 Å². The molecule has 0 spiro atoms. The van der Waals surface area contributed by atoms with Crippen LogP contribution in [-0.4, -0.2) is 85.1 Å². The van der Waals surface area contributed by atoms with Gasteiger partial charge in [-0.2, -0.15) is 0 Å². The van der Waals surface area contributed by atoms with Crippen molar-refractivity contribution in [1.82, 2.24) is 9.80 Å². The summed E-state index contributed by atoms with van der Waals surface area (Å²) in [4.78, 5) is 26.5. The third-order valence-corrected chi connectivity index (χ3v) is 2.54. The molecule has 0 rings (SSSR count). The van der Waals surface area contributed by atoms with E-state index in [0.29, 0.717) is 13.1 Å². The van der Waals surface area contributed by atoms with E-state index in [9.17, 15) is 9.59 Å². The largest absolute Gasteiger partial charge is 0.395 e. The normalized spacial score (nSPS) is 11.2. The Hall–Kier alpha value is -0.820. The molecule has 0 amide bonds. The van der Waals surface area contributed by atoms with E-state index in [2.05, 4.69) is 0 Å². The summed E-state index contributed by atoms with van der Waals surface area (Å²) in [6.07, 6.45) is 0.475. The standard InChI is InChI=1S/C12H24N2O4/c1-13(5-7-15)9-11(17)3-4-12(18)10-14(2)6-8-16/h15-16H,3-10H2,1-2H3. The fourth-order valence-electron chi connectivity index (χ4n) is 1.54. The van der Waals surface area contributed by atoms with Crippen LogP contribution in [0.5, 0.6) is 0 Å². The van der Waals surface area contributed by atoms with Crippen molar-refractivity contribution in [3.05, 3.63) is 0 Å². The molecule has 0 radical (unpaired) electrons. The lowest BCUT2D eigenvalue weighted by Crippen LogP contribution is -2.30. The van der Waals surface area contributed by atoms with Gasteiger partial charge in [-0.15, -0.1) is 0 Å². The molecule has 0 aromatic heterocycles. The summed E-state index contributed by atoms with van der Waals surface area (Å²) in [6.45, 7) is 1.49. The maximum absolute atomic E-state index is 11.5. The Morgan fingerprint density at radius 1 is 0.833 bits per heavy atom. The van der Waals surface area contributed by atoms with Gasteiger partial charge in [0, 0.05) is 25.9 Å². The predicted octanol–water partition coefficient (Wildman–Crippen LogP) is -1.25. The molecule has 0 aliphatic rings. The van der Waals surface area contributed by atoms with Crippen LogP contribution in [0.25, 0.3) is 0 Å². The Kier molecular flexibility index (Phi) is 9.67. The van der Waals surface area contributed by atoms with E-state index in [0.717, 1.165) is 0 Å². The van der Waals surface area contributed by atoms with Crippen LogP contribution in [0, 0.1) is 0 Å². The van der Waals surface area contributed by atoms with E-state index in [1.165, 1.54) is 0 Å². The van der Waals surface area contributed by atoms with Crippen molar-refractivity contribution in [1.29, 1.82) is 0 Å². The minimum absolute atomic E-state index is 0.00381. The highest BCUT2D eigenvalue weighted by molar-refractivity contribution is 5.87. The Morgan fingerprint density at radius 2 is 1.17 bits per heavy atom.